The number of anilines is 1. The number of carbonyl (C=O) groups excluding carboxylic acids is 2. The highest BCUT2D eigenvalue weighted by atomic mass is 16.5. The Morgan fingerprint density at radius 1 is 1.14 bits per heavy atom. The fourth-order valence-electron chi connectivity index (χ4n) is 3.40. The summed E-state index contributed by atoms with van der Waals surface area (Å²) in [6, 6.07) is 11.9. The number of benzene rings is 2. The summed E-state index contributed by atoms with van der Waals surface area (Å²) in [5, 5.41) is 15.2. The zero-order chi connectivity index (χ0) is 21.2. The Labute approximate surface area is 172 Å². The lowest BCUT2D eigenvalue weighted by atomic mass is 9.89. The second-order valence-electron chi connectivity index (χ2n) is 7.00. The number of hydrogen-bond acceptors (Lipinski definition) is 4. The average Bonchev–Trinajstić information content (AvgIpc) is 2.73. The molecule has 0 aliphatic heterocycles. The molecule has 0 spiro atoms. The first-order valence-corrected chi connectivity index (χ1v) is 9.98. The van der Waals surface area contributed by atoms with Crippen molar-refractivity contribution in [2.45, 2.75) is 44.9 Å². The van der Waals surface area contributed by atoms with Gasteiger partial charge in [-0.05, 0) is 36.1 Å². The molecule has 1 unspecified atom stereocenters. The molecule has 0 bridgehead atoms. The molecular weight excluding hydrogens is 368 g/mol. The molecule has 6 nitrogen and oxygen atoms in total. The number of amides is 2. The number of methoxy groups -OCH3 is 1. The first-order valence-electron chi connectivity index (χ1n) is 9.98. The van der Waals surface area contributed by atoms with Gasteiger partial charge in [0, 0.05) is 19.5 Å². The van der Waals surface area contributed by atoms with Crippen LogP contribution in [0.5, 0.6) is 11.5 Å². The van der Waals surface area contributed by atoms with Crippen LogP contribution in [0.25, 0.3) is 0 Å². The highest BCUT2D eigenvalue weighted by Gasteiger charge is 2.21. The lowest BCUT2D eigenvalue weighted by molar-refractivity contribution is -0.116. The van der Waals surface area contributed by atoms with Crippen LogP contribution >= 0.6 is 0 Å². The number of phenolic OH excluding ortho intramolecular Hbond substituents is 1. The number of para-hydroxylation sites is 1. The smallest absolute Gasteiger partial charge is 0.253 e. The van der Waals surface area contributed by atoms with Gasteiger partial charge in [-0.3, -0.25) is 9.59 Å². The molecule has 0 heterocycles. The van der Waals surface area contributed by atoms with Gasteiger partial charge in [0.25, 0.3) is 5.91 Å². The van der Waals surface area contributed by atoms with E-state index in [1.54, 1.807) is 50.6 Å². The van der Waals surface area contributed by atoms with Gasteiger partial charge in [-0.15, -0.1) is 0 Å². The van der Waals surface area contributed by atoms with Crippen LogP contribution in [0.4, 0.5) is 5.69 Å². The SMILES string of the molecule is CCCCCC(CC(=O)Nc1ccccc1C(=O)NC)c1ccc(O)cc1OC. The van der Waals surface area contributed by atoms with Crippen molar-refractivity contribution < 1.29 is 19.4 Å². The lowest BCUT2D eigenvalue weighted by Gasteiger charge is -2.20. The average molecular weight is 399 g/mol. The van der Waals surface area contributed by atoms with Gasteiger partial charge in [-0.2, -0.15) is 0 Å². The summed E-state index contributed by atoms with van der Waals surface area (Å²) in [4.78, 5) is 24.9. The highest BCUT2D eigenvalue weighted by Crippen LogP contribution is 2.35. The summed E-state index contributed by atoms with van der Waals surface area (Å²) >= 11 is 0. The van der Waals surface area contributed by atoms with E-state index in [2.05, 4.69) is 17.6 Å². The number of ether oxygens (including phenoxy) is 1. The highest BCUT2D eigenvalue weighted by molar-refractivity contribution is 6.03. The van der Waals surface area contributed by atoms with Crippen molar-refractivity contribution in [3.8, 4) is 11.5 Å². The largest absolute Gasteiger partial charge is 0.508 e. The number of hydrogen-bond donors (Lipinski definition) is 3. The van der Waals surface area contributed by atoms with Crippen molar-refractivity contribution >= 4 is 17.5 Å². The third-order valence-corrected chi connectivity index (χ3v) is 4.92. The maximum atomic E-state index is 12.8. The van der Waals surface area contributed by atoms with E-state index in [1.807, 2.05) is 6.07 Å². The number of nitrogens with one attached hydrogen (secondary N) is 2. The van der Waals surface area contributed by atoms with E-state index in [9.17, 15) is 14.7 Å². The van der Waals surface area contributed by atoms with Crippen molar-refractivity contribution in [2.24, 2.45) is 0 Å². The summed E-state index contributed by atoms with van der Waals surface area (Å²) in [6.45, 7) is 2.14. The summed E-state index contributed by atoms with van der Waals surface area (Å²) in [5.74, 6) is 0.231. The van der Waals surface area contributed by atoms with Crippen LogP contribution in [-0.2, 0) is 4.79 Å². The van der Waals surface area contributed by atoms with Gasteiger partial charge >= 0.3 is 0 Å². The second kappa shape index (κ2) is 11.1. The molecule has 29 heavy (non-hydrogen) atoms. The van der Waals surface area contributed by atoms with Crippen LogP contribution in [0, 0.1) is 0 Å². The van der Waals surface area contributed by atoms with E-state index in [0.29, 0.717) is 17.0 Å². The van der Waals surface area contributed by atoms with Gasteiger partial charge in [0.05, 0.1) is 18.4 Å². The molecule has 0 aliphatic rings. The third-order valence-electron chi connectivity index (χ3n) is 4.92. The fourth-order valence-corrected chi connectivity index (χ4v) is 3.40. The van der Waals surface area contributed by atoms with Gasteiger partial charge in [0.1, 0.15) is 11.5 Å². The Morgan fingerprint density at radius 2 is 1.90 bits per heavy atom. The van der Waals surface area contributed by atoms with E-state index in [4.69, 9.17) is 4.74 Å². The quantitative estimate of drug-likeness (QED) is 0.516. The van der Waals surface area contributed by atoms with Crippen LogP contribution in [0.1, 0.15) is 60.9 Å². The van der Waals surface area contributed by atoms with E-state index >= 15 is 0 Å². The maximum Gasteiger partial charge on any atom is 0.253 e. The number of rotatable bonds is 10. The standard InChI is InChI=1S/C23H30N2O4/c1-4-5-6-9-16(18-13-12-17(26)15-21(18)29-3)14-22(27)25-20-11-8-7-10-19(20)23(28)24-2/h7-8,10-13,15-16,26H,4-6,9,14H2,1-3H3,(H,24,28)(H,25,27). The maximum absolute atomic E-state index is 12.8. The van der Waals surface area contributed by atoms with Crippen molar-refractivity contribution in [3.63, 3.8) is 0 Å². The van der Waals surface area contributed by atoms with Gasteiger partial charge in [0.2, 0.25) is 5.91 Å². The molecule has 0 aromatic heterocycles. The van der Waals surface area contributed by atoms with Gasteiger partial charge in [-0.1, -0.05) is 44.4 Å². The molecule has 0 aliphatic carbocycles. The van der Waals surface area contributed by atoms with Crippen LogP contribution in [0.3, 0.4) is 0 Å². The Balaban J connectivity index is 2.21. The van der Waals surface area contributed by atoms with Crippen LogP contribution in [0.15, 0.2) is 42.5 Å². The summed E-state index contributed by atoms with van der Waals surface area (Å²) in [7, 11) is 3.11. The molecule has 0 radical (unpaired) electrons. The monoisotopic (exact) mass is 398 g/mol. The van der Waals surface area contributed by atoms with Gasteiger partial charge in [0.15, 0.2) is 0 Å². The Bertz CT molecular complexity index is 835. The molecule has 2 rings (SSSR count). The third kappa shape index (κ3) is 6.24. The van der Waals surface area contributed by atoms with E-state index in [1.165, 1.54) is 0 Å². The Kier molecular flexibility index (Phi) is 8.52. The minimum absolute atomic E-state index is 0.0516. The Morgan fingerprint density at radius 3 is 2.59 bits per heavy atom. The normalized spacial score (nSPS) is 11.6. The first-order chi connectivity index (χ1) is 14.0. The summed E-state index contributed by atoms with van der Waals surface area (Å²) in [5.41, 5.74) is 1.81. The van der Waals surface area contributed by atoms with Crippen LogP contribution in [0.2, 0.25) is 0 Å². The topological polar surface area (TPSA) is 87.7 Å². The molecule has 3 N–H and O–H groups in total. The number of carbonyl (C=O) groups is 2. The molecule has 2 aromatic rings. The lowest BCUT2D eigenvalue weighted by Crippen LogP contribution is -2.22. The molecule has 6 heteroatoms. The summed E-state index contributed by atoms with van der Waals surface area (Å²) in [6.07, 6.45) is 4.25. The predicted octanol–water partition coefficient (Wildman–Crippen LogP) is 4.45. The molecule has 0 fully saturated rings. The van der Waals surface area contributed by atoms with Gasteiger partial charge in [-0.25, -0.2) is 0 Å². The van der Waals surface area contributed by atoms with E-state index in [0.717, 1.165) is 31.2 Å². The fraction of sp³-hybridized carbons (Fsp3) is 0.391. The molecular formula is C23H30N2O4. The molecule has 2 aromatic carbocycles. The van der Waals surface area contributed by atoms with Gasteiger partial charge < -0.3 is 20.5 Å². The van der Waals surface area contributed by atoms with E-state index in [-0.39, 0.29) is 29.9 Å². The molecule has 2 amide bonds. The first kappa shape index (κ1) is 22.3. The number of aromatic hydroxyl groups is 1. The Hall–Kier alpha value is -3.02. The zero-order valence-corrected chi connectivity index (χ0v) is 17.3. The minimum Gasteiger partial charge on any atom is -0.508 e. The number of unbranched alkanes of at least 4 members (excludes halogenated alkanes) is 2. The predicted molar refractivity (Wildman–Crippen MR) is 115 cm³/mol. The second-order valence-corrected chi connectivity index (χ2v) is 7.00. The van der Waals surface area contributed by atoms with Crippen molar-refractivity contribution in [2.75, 3.05) is 19.5 Å². The van der Waals surface area contributed by atoms with E-state index < -0.39 is 0 Å². The molecule has 0 saturated carbocycles. The van der Waals surface area contributed by atoms with Crippen molar-refractivity contribution in [1.82, 2.24) is 5.32 Å². The molecule has 0 saturated heterocycles. The zero-order valence-electron chi connectivity index (χ0n) is 17.3. The molecule has 156 valence electrons. The minimum atomic E-state index is -0.249. The summed E-state index contributed by atoms with van der Waals surface area (Å²) < 4.78 is 5.43. The van der Waals surface area contributed by atoms with Crippen LogP contribution in [-0.4, -0.2) is 31.1 Å². The van der Waals surface area contributed by atoms with Crippen LogP contribution < -0.4 is 15.4 Å². The van der Waals surface area contributed by atoms with Crippen molar-refractivity contribution in [3.05, 3.63) is 53.6 Å². The molecule has 1 atom stereocenters. The van der Waals surface area contributed by atoms with Crippen molar-refractivity contribution in [1.29, 1.82) is 0 Å². The number of phenols is 1.